The summed E-state index contributed by atoms with van der Waals surface area (Å²) in [5, 5.41) is 4.05. The summed E-state index contributed by atoms with van der Waals surface area (Å²) >= 11 is 0. The third-order valence-corrected chi connectivity index (χ3v) is 1.97. The minimum atomic E-state index is 0.0330. The minimum absolute atomic E-state index is 0.0330. The summed E-state index contributed by atoms with van der Waals surface area (Å²) in [5.74, 6) is 0.0330. The summed E-state index contributed by atoms with van der Waals surface area (Å²) in [6.45, 7) is 3.84. The molecule has 3 heteroatoms. The van der Waals surface area contributed by atoms with Crippen molar-refractivity contribution in [2.75, 3.05) is 0 Å². The molecule has 0 saturated heterocycles. The van der Waals surface area contributed by atoms with Crippen LogP contribution in [0.25, 0.3) is 0 Å². The second kappa shape index (κ2) is 4.03. The Morgan fingerprint density at radius 1 is 1.69 bits per heavy atom. The van der Waals surface area contributed by atoms with Crippen LogP contribution < -0.4 is 0 Å². The zero-order valence-electron chi connectivity index (χ0n) is 8.24. The topological polar surface area (TPSA) is 34.9 Å². The van der Waals surface area contributed by atoms with Gasteiger partial charge >= 0.3 is 0 Å². The number of Topliss-reactive ketones (excluding diaryl/α,β-unsaturated/α-hetero) is 1. The Labute approximate surface area is 78.1 Å². The van der Waals surface area contributed by atoms with Crippen LogP contribution in [0.4, 0.5) is 0 Å². The predicted octanol–water partition coefficient (Wildman–Crippen LogP) is 1.96. The molecule has 1 rings (SSSR count). The Hall–Kier alpha value is -1.38. The Balaban J connectivity index is 2.91. The lowest BCUT2D eigenvalue weighted by Gasteiger charge is -1.98. The van der Waals surface area contributed by atoms with Crippen LogP contribution in [-0.2, 0) is 7.05 Å². The largest absolute Gasteiger partial charge is 0.287 e. The average molecular weight is 178 g/mol. The second-order valence-corrected chi connectivity index (χ2v) is 2.87. The molecule has 0 amide bonds. The highest BCUT2D eigenvalue weighted by Gasteiger charge is 2.11. The van der Waals surface area contributed by atoms with Gasteiger partial charge in [0.15, 0.2) is 0 Å². The van der Waals surface area contributed by atoms with Crippen molar-refractivity contribution in [3.8, 4) is 0 Å². The number of rotatable bonds is 3. The quantitative estimate of drug-likeness (QED) is 0.524. The maximum atomic E-state index is 11.7. The lowest BCUT2D eigenvalue weighted by molar-refractivity contribution is 0.102. The monoisotopic (exact) mass is 178 g/mol. The van der Waals surface area contributed by atoms with E-state index in [9.17, 15) is 4.79 Å². The number of carbonyl (C=O) groups excluding carboxylic acids is 1. The van der Waals surface area contributed by atoms with Crippen LogP contribution in [0.2, 0.25) is 0 Å². The molecule has 0 aliphatic carbocycles. The number of allylic oxidation sites excluding steroid dienone is 2. The van der Waals surface area contributed by atoms with Gasteiger partial charge in [0.2, 0.25) is 5.78 Å². The number of aryl methyl sites for hydroxylation is 1. The van der Waals surface area contributed by atoms with Crippen molar-refractivity contribution in [1.82, 2.24) is 9.78 Å². The van der Waals surface area contributed by atoms with Crippen molar-refractivity contribution in [1.29, 1.82) is 0 Å². The number of hydrogen-bond donors (Lipinski definition) is 0. The fourth-order valence-electron chi connectivity index (χ4n) is 1.20. The number of hydrogen-bond acceptors (Lipinski definition) is 2. The molecule has 0 spiro atoms. The van der Waals surface area contributed by atoms with Crippen LogP contribution in [-0.4, -0.2) is 15.6 Å². The van der Waals surface area contributed by atoms with Crippen LogP contribution in [0.3, 0.4) is 0 Å². The first-order valence-corrected chi connectivity index (χ1v) is 4.38. The van der Waals surface area contributed by atoms with E-state index in [4.69, 9.17) is 0 Å². The van der Waals surface area contributed by atoms with E-state index in [1.807, 2.05) is 19.9 Å². The molecule has 1 aromatic rings. The number of nitrogens with zero attached hydrogens (tertiary/aromatic N) is 2. The van der Waals surface area contributed by atoms with Crippen molar-refractivity contribution >= 4 is 5.78 Å². The summed E-state index contributed by atoms with van der Waals surface area (Å²) in [6, 6.07) is 1.74. The van der Waals surface area contributed by atoms with E-state index in [1.54, 1.807) is 24.0 Å². The molecule has 1 aromatic heterocycles. The molecule has 70 valence electrons. The average Bonchev–Trinajstić information content (AvgIpc) is 2.54. The molecular formula is C10H14N2O. The molecule has 0 saturated carbocycles. The van der Waals surface area contributed by atoms with Crippen molar-refractivity contribution in [3.05, 3.63) is 29.6 Å². The maximum Gasteiger partial charge on any atom is 0.208 e. The van der Waals surface area contributed by atoms with Gasteiger partial charge < -0.3 is 0 Å². The Kier molecular flexibility index (Phi) is 3.01. The SMILES string of the molecule is C/C=C(/CC)C(=O)c1ccn(C)n1. The number of aromatic nitrogens is 2. The van der Waals surface area contributed by atoms with Crippen molar-refractivity contribution < 1.29 is 4.79 Å². The summed E-state index contributed by atoms with van der Waals surface area (Å²) in [5.41, 5.74) is 1.34. The Morgan fingerprint density at radius 2 is 2.38 bits per heavy atom. The standard InChI is InChI=1S/C10H14N2O/c1-4-8(5-2)10(13)9-6-7-12(3)11-9/h4,6-7H,5H2,1-3H3/b8-4-. The fraction of sp³-hybridized carbons (Fsp3) is 0.400. The van der Waals surface area contributed by atoms with Crippen LogP contribution >= 0.6 is 0 Å². The molecule has 0 aliphatic heterocycles. The predicted molar refractivity (Wildman–Crippen MR) is 51.6 cm³/mol. The molecule has 0 aromatic carbocycles. The molecule has 0 bridgehead atoms. The van der Waals surface area contributed by atoms with Crippen LogP contribution in [0.5, 0.6) is 0 Å². The number of ketones is 1. The van der Waals surface area contributed by atoms with E-state index < -0.39 is 0 Å². The molecule has 0 fully saturated rings. The van der Waals surface area contributed by atoms with Gasteiger partial charge in [0.25, 0.3) is 0 Å². The number of carbonyl (C=O) groups is 1. The van der Waals surface area contributed by atoms with E-state index in [1.165, 1.54) is 0 Å². The summed E-state index contributed by atoms with van der Waals surface area (Å²) in [7, 11) is 1.80. The van der Waals surface area contributed by atoms with Crippen LogP contribution in [0, 0.1) is 0 Å². The van der Waals surface area contributed by atoms with Gasteiger partial charge in [-0.1, -0.05) is 13.0 Å². The highest BCUT2D eigenvalue weighted by molar-refractivity contribution is 6.07. The van der Waals surface area contributed by atoms with Crippen molar-refractivity contribution in [3.63, 3.8) is 0 Å². The van der Waals surface area contributed by atoms with Gasteiger partial charge in [-0.3, -0.25) is 9.48 Å². The molecule has 0 N–H and O–H groups in total. The highest BCUT2D eigenvalue weighted by atomic mass is 16.1. The summed E-state index contributed by atoms with van der Waals surface area (Å²) < 4.78 is 1.64. The minimum Gasteiger partial charge on any atom is -0.287 e. The normalized spacial score (nSPS) is 11.8. The van der Waals surface area contributed by atoms with Crippen molar-refractivity contribution in [2.45, 2.75) is 20.3 Å². The molecule has 13 heavy (non-hydrogen) atoms. The first kappa shape index (κ1) is 9.71. The molecule has 0 atom stereocenters. The van der Waals surface area contributed by atoms with Gasteiger partial charge in [-0.25, -0.2) is 0 Å². The van der Waals surface area contributed by atoms with Gasteiger partial charge in [-0.2, -0.15) is 5.10 Å². The molecule has 0 unspecified atom stereocenters. The van der Waals surface area contributed by atoms with Crippen LogP contribution in [0.15, 0.2) is 23.9 Å². The first-order chi connectivity index (χ1) is 6.19. The van der Waals surface area contributed by atoms with E-state index in [0.29, 0.717) is 5.69 Å². The molecular weight excluding hydrogens is 164 g/mol. The van der Waals surface area contributed by atoms with E-state index in [-0.39, 0.29) is 5.78 Å². The molecule has 0 aliphatic rings. The zero-order valence-corrected chi connectivity index (χ0v) is 8.24. The third kappa shape index (κ3) is 2.05. The summed E-state index contributed by atoms with van der Waals surface area (Å²) in [4.78, 5) is 11.7. The zero-order chi connectivity index (χ0) is 9.84. The molecule has 3 nitrogen and oxygen atoms in total. The third-order valence-electron chi connectivity index (χ3n) is 1.97. The van der Waals surface area contributed by atoms with Gasteiger partial charge in [-0.15, -0.1) is 0 Å². The molecule has 0 radical (unpaired) electrons. The van der Waals surface area contributed by atoms with E-state index in [0.717, 1.165) is 12.0 Å². The lowest BCUT2D eigenvalue weighted by Crippen LogP contribution is -2.04. The van der Waals surface area contributed by atoms with Gasteiger partial charge in [-0.05, 0) is 25.0 Å². The summed E-state index contributed by atoms with van der Waals surface area (Å²) in [6.07, 6.45) is 4.37. The lowest BCUT2D eigenvalue weighted by atomic mass is 10.1. The maximum absolute atomic E-state index is 11.7. The smallest absolute Gasteiger partial charge is 0.208 e. The first-order valence-electron chi connectivity index (χ1n) is 4.38. The molecule has 1 heterocycles. The highest BCUT2D eigenvalue weighted by Crippen LogP contribution is 2.08. The fourth-order valence-corrected chi connectivity index (χ4v) is 1.20. The van der Waals surface area contributed by atoms with Crippen molar-refractivity contribution in [2.24, 2.45) is 7.05 Å². The second-order valence-electron chi connectivity index (χ2n) is 2.87. The Bertz CT molecular complexity index is 336. The van der Waals surface area contributed by atoms with Gasteiger partial charge in [0.1, 0.15) is 5.69 Å². The van der Waals surface area contributed by atoms with Gasteiger partial charge in [0.05, 0.1) is 0 Å². The van der Waals surface area contributed by atoms with E-state index in [2.05, 4.69) is 5.10 Å². The van der Waals surface area contributed by atoms with E-state index >= 15 is 0 Å². The van der Waals surface area contributed by atoms with Crippen LogP contribution in [0.1, 0.15) is 30.8 Å². The Morgan fingerprint density at radius 3 is 2.77 bits per heavy atom. The van der Waals surface area contributed by atoms with Gasteiger partial charge in [0, 0.05) is 13.2 Å².